The van der Waals surface area contributed by atoms with Gasteiger partial charge in [-0.05, 0) is 0 Å². The summed E-state index contributed by atoms with van der Waals surface area (Å²) in [6, 6.07) is 0. The Kier molecular flexibility index (Phi) is 5.85. The molecule has 4 heteroatoms. The van der Waals surface area contributed by atoms with Gasteiger partial charge in [0.15, 0.2) is 6.79 Å². The fourth-order valence-corrected chi connectivity index (χ4v) is 0.189. The van der Waals surface area contributed by atoms with Crippen LogP contribution in [-0.4, -0.2) is 26.5 Å². The van der Waals surface area contributed by atoms with E-state index in [0.29, 0.717) is 0 Å². The highest BCUT2D eigenvalue weighted by atomic mass is 19.1. The lowest BCUT2D eigenvalue weighted by Crippen LogP contribution is -2.00. The molecule has 0 N–H and O–H groups in total. The van der Waals surface area contributed by atoms with E-state index in [4.69, 9.17) is 0 Å². The minimum absolute atomic E-state index is 0.0200. The van der Waals surface area contributed by atoms with Gasteiger partial charge in [-0.2, -0.15) is 0 Å². The zero-order valence-electron chi connectivity index (χ0n) is 4.30. The largest absolute Gasteiger partial charge is 0.441 e. The van der Waals surface area contributed by atoms with Crippen LogP contribution in [0.25, 0.3) is 0 Å². The molecule has 0 aliphatic carbocycles. The molecule has 0 aromatic carbocycles. The third-order valence-electron chi connectivity index (χ3n) is 0.441. The Morgan fingerprint density at radius 1 is 1.62 bits per heavy atom. The molecule has 0 saturated heterocycles. The number of alkyl halides is 1. The lowest BCUT2D eigenvalue weighted by Gasteiger charge is -1.95. The summed E-state index contributed by atoms with van der Waals surface area (Å²) in [7, 11) is 0. The van der Waals surface area contributed by atoms with Crippen LogP contribution in [0.2, 0.25) is 0 Å². The Morgan fingerprint density at radius 3 is 2.88 bits per heavy atom. The van der Waals surface area contributed by atoms with Crippen molar-refractivity contribution < 1.29 is 18.7 Å². The zero-order valence-corrected chi connectivity index (χ0v) is 4.30. The molecule has 0 bridgehead atoms. The van der Waals surface area contributed by atoms with Crippen molar-refractivity contribution in [3.63, 3.8) is 0 Å². The van der Waals surface area contributed by atoms with Gasteiger partial charge in [0.1, 0.15) is 6.67 Å². The Labute approximate surface area is 46.4 Å². The topological polar surface area (TPSA) is 35.5 Å². The van der Waals surface area contributed by atoms with Crippen LogP contribution >= 0.6 is 0 Å². The first kappa shape index (κ1) is 7.36. The number of ether oxygens (including phenoxy) is 2. The predicted octanol–water partition coefficient (Wildman–Crippen LogP) is 0.103. The van der Waals surface area contributed by atoms with Crippen molar-refractivity contribution in [2.75, 3.05) is 20.1 Å². The summed E-state index contributed by atoms with van der Waals surface area (Å²) < 4.78 is 19.6. The highest BCUT2D eigenvalue weighted by Crippen LogP contribution is 1.74. The van der Waals surface area contributed by atoms with Gasteiger partial charge in [-0.15, -0.1) is 0 Å². The molecular weight excluding hydrogens is 115 g/mol. The fourth-order valence-electron chi connectivity index (χ4n) is 0.189. The van der Waals surface area contributed by atoms with Gasteiger partial charge in [0.05, 0.1) is 6.61 Å². The molecule has 0 aromatic rings. The molecule has 0 heterocycles. The van der Waals surface area contributed by atoms with E-state index in [2.05, 4.69) is 9.47 Å². The van der Waals surface area contributed by atoms with Gasteiger partial charge in [-0.25, -0.2) is 4.39 Å². The van der Waals surface area contributed by atoms with Gasteiger partial charge in [0, 0.05) is 0 Å². The number of halogens is 1. The molecular formula is C4H7FO3. The minimum Gasteiger partial charge on any atom is -0.441 e. The first-order chi connectivity index (χ1) is 3.91. The number of carbonyl (C=O) groups excluding carboxylic acids is 1. The molecule has 0 spiro atoms. The zero-order chi connectivity index (χ0) is 6.24. The van der Waals surface area contributed by atoms with Gasteiger partial charge >= 0.3 is 0 Å². The standard InChI is InChI=1S/C4H7FO3/c5-1-2-7-4-8-3-6/h3H,1-2,4H2. The first-order valence-corrected chi connectivity index (χ1v) is 2.10. The van der Waals surface area contributed by atoms with Crippen LogP contribution in [0, 0.1) is 0 Å². The Morgan fingerprint density at radius 2 is 2.38 bits per heavy atom. The monoisotopic (exact) mass is 122 g/mol. The molecule has 0 atom stereocenters. The van der Waals surface area contributed by atoms with Crippen LogP contribution in [0.3, 0.4) is 0 Å². The Bertz CT molecular complexity index is 57.2. The van der Waals surface area contributed by atoms with Gasteiger partial charge in [0.2, 0.25) is 0 Å². The molecule has 8 heavy (non-hydrogen) atoms. The third-order valence-corrected chi connectivity index (χ3v) is 0.441. The highest BCUT2D eigenvalue weighted by molar-refractivity contribution is 5.36. The van der Waals surface area contributed by atoms with Crippen molar-refractivity contribution >= 4 is 6.47 Å². The highest BCUT2D eigenvalue weighted by Gasteiger charge is 1.82. The summed E-state index contributed by atoms with van der Waals surface area (Å²) in [6.45, 7) is -0.484. The second-order valence-electron chi connectivity index (χ2n) is 0.978. The van der Waals surface area contributed by atoms with E-state index in [-0.39, 0.29) is 19.9 Å². The van der Waals surface area contributed by atoms with Gasteiger partial charge in [0.25, 0.3) is 6.47 Å². The maximum Gasteiger partial charge on any atom is 0.295 e. The lowest BCUT2D eigenvalue weighted by atomic mass is 10.8. The summed E-state index contributed by atoms with van der Waals surface area (Å²) in [4.78, 5) is 9.37. The van der Waals surface area contributed by atoms with Crippen LogP contribution in [0.15, 0.2) is 0 Å². The molecule has 0 aliphatic rings. The van der Waals surface area contributed by atoms with Gasteiger partial charge in [-0.1, -0.05) is 0 Å². The van der Waals surface area contributed by atoms with Crippen LogP contribution < -0.4 is 0 Å². The number of hydrogen-bond donors (Lipinski definition) is 0. The molecule has 0 unspecified atom stereocenters. The molecule has 0 aliphatic heterocycles. The van der Waals surface area contributed by atoms with E-state index >= 15 is 0 Å². The van der Waals surface area contributed by atoms with E-state index in [0.717, 1.165) is 0 Å². The van der Waals surface area contributed by atoms with E-state index in [1.54, 1.807) is 0 Å². The summed E-state index contributed by atoms with van der Waals surface area (Å²) in [6.07, 6.45) is 0. The summed E-state index contributed by atoms with van der Waals surface area (Å²) in [5.74, 6) is 0. The maximum atomic E-state index is 11.2. The number of carbonyl (C=O) groups is 1. The molecule has 0 rings (SSSR count). The van der Waals surface area contributed by atoms with Crippen molar-refractivity contribution in [1.82, 2.24) is 0 Å². The second kappa shape index (κ2) is 6.36. The van der Waals surface area contributed by atoms with E-state index in [9.17, 15) is 9.18 Å². The fraction of sp³-hybridized carbons (Fsp3) is 0.750. The maximum absolute atomic E-state index is 11.2. The lowest BCUT2D eigenvalue weighted by molar-refractivity contribution is -0.140. The van der Waals surface area contributed by atoms with Crippen molar-refractivity contribution in [3.8, 4) is 0 Å². The molecule has 48 valence electrons. The number of rotatable bonds is 5. The van der Waals surface area contributed by atoms with Crippen molar-refractivity contribution in [2.24, 2.45) is 0 Å². The molecule has 0 amide bonds. The minimum atomic E-state index is -0.553. The summed E-state index contributed by atoms with van der Waals surface area (Å²) in [5, 5.41) is 0. The van der Waals surface area contributed by atoms with E-state index in [1.165, 1.54) is 0 Å². The van der Waals surface area contributed by atoms with Crippen LogP contribution in [-0.2, 0) is 14.3 Å². The average Bonchev–Trinajstić information content (AvgIpc) is 1.81. The quantitative estimate of drug-likeness (QED) is 0.295. The predicted molar refractivity (Wildman–Crippen MR) is 23.9 cm³/mol. The SMILES string of the molecule is O=COCOCCF. The normalized spacial score (nSPS) is 8.62. The van der Waals surface area contributed by atoms with Crippen LogP contribution in [0.1, 0.15) is 0 Å². The third kappa shape index (κ3) is 5.36. The van der Waals surface area contributed by atoms with Gasteiger partial charge in [-0.3, -0.25) is 4.79 Å². The van der Waals surface area contributed by atoms with Crippen LogP contribution in [0.4, 0.5) is 4.39 Å². The smallest absolute Gasteiger partial charge is 0.295 e. The van der Waals surface area contributed by atoms with Gasteiger partial charge < -0.3 is 9.47 Å². The molecule has 0 fully saturated rings. The molecule has 0 saturated carbocycles. The van der Waals surface area contributed by atoms with Crippen molar-refractivity contribution in [2.45, 2.75) is 0 Å². The van der Waals surface area contributed by atoms with E-state index in [1.807, 2.05) is 0 Å². The van der Waals surface area contributed by atoms with E-state index < -0.39 is 6.67 Å². The summed E-state index contributed by atoms with van der Waals surface area (Å²) >= 11 is 0. The molecule has 3 nitrogen and oxygen atoms in total. The number of hydrogen-bond acceptors (Lipinski definition) is 3. The van der Waals surface area contributed by atoms with Crippen molar-refractivity contribution in [1.29, 1.82) is 0 Å². The molecule has 0 aromatic heterocycles. The Balaban J connectivity index is 2.62. The van der Waals surface area contributed by atoms with Crippen LogP contribution in [0.5, 0.6) is 0 Å². The molecule has 0 radical (unpaired) electrons. The second-order valence-corrected chi connectivity index (χ2v) is 0.978. The summed E-state index contributed by atoms with van der Waals surface area (Å²) in [5.41, 5.74) is 0. The average molecular weight is 122 g/mol. The van der Waals surface area contributed by atoms with Crippen molar-refractivity contribution in [3.05, 3.63) is 0 Å². The Hall–Kier alpha value is -0.640. The first-order valence-electron chi connectivity index (χ1n) is 2.10.